The Labute approximate surface area is 92.1 Å². The lowest BCUT2D eigenvalue weighted by Crippen LogP contribution is -2.30. The summed E-state index contributed by atoms with van der Waals surface area (Å²) in [6, 6.07) is 0.656. The van der Waals surface area contributed by atoms with Gasteiger partial charge in [0.15, 0.2) is 0 Å². The maximum Gasteiger partial charge on any atom is 0.133 e. The average molecular weight is 210 g/mol. The van der Waals surface area contributed by atoms with Crippen LogP contribution in [0, 0.1) is 0 Å². The van der Waals surface area contributed by atoms with Crippen LogP contribution in [0.2, 0.25) is 0 Å². The summed E-state index contributed by atoms with van der Waals surface area (Å²) < 4.78 is 1.97. The first-order valence-electron chi connectivity index (χ1n) is 5.84. The molecule has 86 valence electrons. The van der Waals surface area contributed by atoms with Crippen molar-refractivity contribution in [1.29, 1.82) is 0 Å². The summed E-state index contributed by atoms with van der Waals surface area (Å²) in [4.78, 5) is 0. The minimum absolute atomic E-state index is 0.656. The molecule has 0 saturated carbocycles. The minimum atomic E-state index is 0.656. The normalized spacial score (nSPS) is 13.0. The van der Waals surface area contributed by atoms with Crippen LogP contribution < -0.4 is 5.32 Å². The van der Waals surface area contributed by atoms with Gasteiger partial charge in [-0.05, 0) is 12.8 Å². The molecule has 1 atom stereocenters. The molecule has 0 amide bonds. The van der Waals surface area contributed by atoms with Crippen molar-refractivity contribution in [2.24, 2.45) is 7.05 Å². The Hall–Kier alpha value is -0.900. The van der Waals surface area contributed by atoms with E-state index in [9.17, 15) is 0 Å². The lowest BCUT2D eigenvalue weighted by molar-refractivity contribution is 0.462. The largest absolute Gasteiger partial charge is 0.321 e. The predicted octanol–water partition coefficient (Wildman–Crippen LogP) is 1.53. The van der Waals surface area contributed by atoms with Gasteiger partial charge in [-0.15, -0.1) is 10.2 Å². The molecule has 0 aliphatic rings. The van der Waals surface area contributed by atoms with Gasteiger partial charge < -0.3 is 9.88 Å². The summed E-state index contributed by atoms with van der Waals surface area (Å²) in [6.07, 6.45) is 6.41. The van der Waals surface area contributed by atoms with Gasteiger partial charge in [0.05, 0.1) is 0 Å². The zero-order chi connectivity index (χ0) is 11.1. The van der Waals surface area contributed by atoms with Crippen LogP contribution >= 0.6 is 0 Å². The van der Waals surface area contributed by atoms with E-state index >= 15 is 0 Å². The lowest BCUT2D eigenvalue weighted by Gasteiger charge is -2.15. The molecular weight excluding hydrogens is 188 g/mol. The summed E-state index contributed by atoms with van der Waals surface area (Å²) in [5, 5.41) is 11.5. The van der Waals surface area contributed by atoms with Crippen molar-refractivity contribution in [1.82, 2.24) is 20.1 Å². The number of aryl methyl sites for hydroxylation is 1. The molecule has 1 aromatic rings. The molecule has 1 N–H and O–H groups in total. The number of rotatable bonds is 7. The van der Waals surface area contributed by atoms with Gasteiger partial charge in [-0.3, -0.25) is 0 Å². The molecule has 1 unspecified atom stereocenters. The van der Waals surface area contributed by atoms with Crippen molar-refractivity contribution in [3.05, 3.63) is 12.2 Å². The van der Waals surface area contributed by atoms with Gasteiger partial charge in [0.25, 0.3) is 0 Å². The van der Waals surface area contributed by atoms with Crippen molar-refractivity contribution < 1.29 is 0 Å². The third kappa shape index (κ3) is 4.00. The number of hydrogen-bond donors (Lipinski definition) is 1. The van der Waals surface area contributed by atoms with Gasteiger partial charge in [0.1, 0.15) is 12.2 Å². The van der Waals surface area contributed by atoms with E-state index in [2.05, 4.69) is 29.4 Å². The van der Waals surface area contributed by atoms with Crippen LogP contribution in [0.3, 0.4) is 0 Å². The zero-order valence-electron chi connectivity index (χ0n) is 10.0. The second kappa shape index (κ2) is 6.56. The van der Waals surface area contributed by atoms with Crippen LogP contribution in [-0.4, -0.2) is 27.4 Å². The highest BCUT2D eigenvalue weighted by atomic mass is 15.2. The average Bonchev–Trinajstić information content (AvgIpc) is 2.63. The smallest absolute Gasteiger partial charge is 0.133 e. The summed E-state index contributed by atoms with van der Waals surface area (Å²) in [6.45, 7) is 5.45. The fourth-order valence-electron chi connectivity index (χ4n) is 1.72. The maximum atomic E-state index is 4.06. The molecule has 0 spiro atoms. The fourth-order valence-corrected chi connectivity index (χ4v) is 1.72. The zero-order valence-corrected chi connectivity index (χ0v) is 10.0. The predicted molar refractivity (Wildman–Crippen MR) is 61.7 cm³/mol. The third-order valence-corrected chi connectivity index (χ3v) is 2.72. The Morgan fingerprint density at radius 1 is 1.47 bits per heavy atom. The monoisotopic (exact) mass is 210 g/mol. The molecule has 0 aromatic carbocycles. The number of nitrogens with one attached hydrogen (secondary N) is 1. The number of hydrogen-bond acceptors (Lipinski definition) is 3. The highest BCUT2D eigenvalue weighted by molar-refractivity contribution is 4.85. The highest BCUT2D eigenvalue weighted by Gasteiger charge is 2.05. The highest BCUT2D eigenvalue weighted by Crippen LogP contribution is 2.01. The van der Waals surface area contributed by atoms with E-state index in [1.54, 1.807) is 6.33 Å². The topological polar surface area (TPSA) is 42.7 Å². The Bertz CT molecular complexity index is 269. The Balaban J connectivity index is 2.23. The summed E-state index contributed by atoms with van der Waals surface area (Å²) >= 11 is 0. The van der Waals surface area contributed by atoms with Gasteiger partial charge in [-0.1, -0.05) is 20.3 Å². The molecule has 4 nitrogen and oxygen atoms in total. The molecule has 0 saturated heterocycles. The van der Waals surface area contributed by atoms with Crippen molar-refractivity contribution >= 4 is 0 Å². The third-order valence-electron chi connectivity index (χ3n) is 2.72. The van der Waals surface area contributed by atoms with E-state index in [1.165, 1.54) is 19.3 Å². The van der Waals surface area contributed by atoms with Crippen LogP contribution in [0.1, 0.15) is 38.9 Å². The van der Waals surface area contributed by atoms with E-state index in [-0.39, 0.29) is 0 Å². The van der Waals surface area contributed by atoms with E-state index < -0.39 is 0 Å². The van der Waals surface area contributed by atoms with E-state index in [1.807, 2.05) is 11.6 Å². The van der Waals surface area contributed by atoms with Gasteiger partial charge >= 0.3 is 0 Å². The van der Waals surface area contributed by atoms with Gasteiger partial charge in [0, 0.05) is 26.1 Å². The van der Waals surface area contributed by atoms with Crippen LogP contribution in [0.5, 0.6) is 0 Å². The molecule has 0 aliphatic carbocycles. The first-order valence-corrected chi connectivity index (χ1v) is 5.84. The van der Waals surface area contributed by atoms with Crippen molar-refractivity contribution in [3.63, 3.8) is 0 Å². The molecule has 0 fully saturated rings. The molecular formula is C11H22N4. The molecule has 1 rings (SSSR count). The Kier molecular flexibility index (Phi) is 5.32. The van der Waals surface area contributed by atoms with Crippen molar-refractivity contribution in [2.45, 2.75) is 45.6 Å². The number of aromatic nitrogens is 3. The van der Waals surface area contributed by atoms with Crippen LogP contribution in [0.4, 0.5) is 0 Å². The van der Waals surface area contributed by atoms with E-state index in [0.717, 1.165) is 18.8 Å². The van der Waals surface area contributed by atoms with Crippen LogP contribution in [0.15, 0.2) is 6.33 Å². The quantitative estimate of drug-likeness (QED) is 0.742. The Morgan fingerprint density at radius 2 is 2.27 bits per heavy atom. The van der Waals surface area contributed by atoms with Crippen LogP contribution in [-0.2, 0) is 13.5 Å². The molecule has 4 heteroatoms. The first-order chi connectivity index (χ1) is 7.27. The molecule has 0 aliphatic heterocycles. The van der Waals surface area contributed by atoms with Gasteiger partial charge in [-0.25, -0.2) is 0 Å². The van der Waals surface area contributed by atoms with Crippen LogP contribution in [0.25, 0.3) is 0 Å². The summed E-state index contributed by atoms with van der Waals surface area (Å²) in [7, 11) is 1.98. The number of nitrogens with zero attached hydrogens (tertiary/aromatic N) is 3. The van der Waals surface area contributed by atoms with Gasteiger partial charge in [-0.2, -0.15) is 0 Å². The second-order valence-corrected chi connectivity index (χ2v) is 3.96. The Morgan fingerprint density at radius 3 is 2.80 bits per heavy atom. The lowest BCUT2D eigenvalue weighted by atomic mass is 10.1. The SMILES string of the molecule is CCCC(CC)NCCc1nncn1C. The fraction of sp³-hybridized carbons (Fsp3) is 0.818. The molecule has 0 bridgehead atoms. The standard InChI is InChI=1S/C11H22N4/c1-4-6-10(5-2)12-8-7-11-14-13-9-15(11)3/h9-10,12H,4-8H2,1-3H3. The van der Waals surface area contributed by atoms with E-state index in [4.69, 9.17) is 0 Å². The molecule has 1 heterocycles. The molecule has 0 radical (unpaired) electrons. The molecule has 15 heavy (non-hydrogen) atoms. The molecule has 1 aromatic heterocycles. The summed E-state index contributed by atoms with van der Waals surface area (Å²) in [5.41, 5.74) is 0. The first kappa shape index (κ1) is 12.2. The van der Waals surface area contributed by atoms with Gasteiger partial charge in [0.2, 0.25) is 0 Å². The summed E-state index contributed by atoms with van der Waals surface area (Å²) in [5.74, 6) is 1.05. The van der Waals surface area contributed by atoms with E-state index in [0.29, 0.717) is 6.04 Å². The minimum Gasteiger partial charge on any atom is -0.321 e. The van der Waals surface area contributed by atoms with Crippen molar-refractivity contribution in [3.8, 4) is 0 Å². The second-order valence-electron chi connectivity index (χ2n) is 3.96. The van der Waals surface area contributed by atoms with Crippen molar-refractivity contribution in [2.75, 3.05) is 6.54 Å². The maximum absolute atomic E-state index is 4.06.